The van der Waals surface area contributed by atoms with Crippen LogP contribution in [0.2, 0.25) is 0 Å². The van der Waals surface area contributed by atoms with Gasteiger partial charge in [-0.25, -0.2) is 0 Å². The lowest BCUT2D eigenvalue weighted by Crippen LogP contribution is -2.61. The van der Waals surface area contributed by atoms with E-state index in [2.05, 4.69) is 375 Å². The Morgan fingerprint density at radius 3 is 1.16 bits per heavy atom. The maximum Gasteiger partial charge on any atom is 0.252 e. The summed E-state index contributed by atoms with van der Waals surface area (Å²) in [6.07, 6.45) is 0. The molecule has 0 atom stereocenters. The van der Waals surface area contributed by atoms with Crippen LogP contribution >= 0.6 is 0 Å². The highest BCUT2D eigenvalue weighted by molar-refractivity contribution is 7.00. The quantitative estimate of drug-likeness (QED) is 0.133. The Kier molecular flexibility index (Phi) is 14.0. The number of hydrogen-bond donors (Lipinski definition) is 0. The van der Waals surface area contributed by atoms with E-state index >= 15 is 0 Å². The molecule has 94 heavy (non-hydrogen) atoms. The second-order valence-corrected chi connectivity index (χ2v) is 29.2. The maximum atomic E-state index is 2.75. The van der Waals surface area contributed by atoms with Crippen LogP contribution in [0.3, 0.4) is 0 Å². The van der Waals surface area contributed by atoms with Crippen LogP contribution < -0.4 is 26.2 Å². The molecule has 13 aromatic rings. The lowest BCUT2D eigenvalue weighted by atomic mass is 9.33. The van der Waals surface area contributed by atoms with Crippen molar-refractivity contribution in [2.24, 2.45) is 0 Å². The van der Waals surface area contributed by atoms with Crippen molar-refractivity contribution in [3.05, 3.63) is 342 Å². The standard InChI is InChI=1S/C91H77BN2/c1-88(2,3)67-51-53-80-79(58-67)92-78-52-50-68(89(4,5)6)59-81(78)94(87-75(62-36-20-12-21-37-62)56-69(90(7,8)9)57-76(87)63-38-22-13-23-39-63)83-55-64(54-82(85(83)92)93(80)86-71(60-32-16-10-17-33-60)46-31-47-72(86)61-34-18-11-19-35-61)70-45-30-48-74-73-44-28-29-49-77(73)91(84(70)74,65-40-24-14-25-41-65)66-42-26-15-27-43-66/h10-59H,1-9H3. The molecule has 0 unspecified atom stereocenters. The highest BCUT2D eigenvalue weighted by atomic mass is 15.2. The molecule has 0 saturated carbocycles. The predicted octanol–water partition coefficient (Wildman–Crippen LogP) is 22.4. The van der Waals surface area contributed by atoms with Crippen LogP contribution in [0.5, 0.6) is 0 Å². The van der Waals surface area contributed by atoms with Gasteiger partial charge in [0.25, 0.3) is 6.71 Å². The van der Waals surface area contributed by atoms with Crippen molar-refractivity contribution in [1.82, 2.24) is 0 Å². The van der Waals surface area contributed by atoms with Gasteiger partial charge < -0.3 is 9.80 Å². The van der Waals surface area contributed by atoms with Crippen LogP contribution in [-0.2, 0) is 21.7 Å². The number of hydrogen-bond acceptors (Lipinski definition) is 2. The van der Waals surface area contributed by atoms with Crippen molar-refractivity contribution in [3.63, 3.8) is 0 Å². The maximum absolute atomic E-state index is 2.75. The Balaban J connectivity index is 1.14. The van der Waals surface area contributed by atoms with Crippen LogP contribution in [0, 0.1) is 0 Å². The Hall–Kier alpha value is -10.5. The van der Waals surface area contributed by atoms with E-state index in [1.165, 1.54) is 106 Å². The second-order valence-electron chi connectivity index (χ2n) is 29.2. The molecule has 13 aromatic carbocycles. The number of anilines is 6. The van der Waals surface area contributed by atoms with Gasteiger partial charge in [-0.3, -0.25) is 0 Å². The van der Waals surface area contributed by atoms with Crippen molar-refractivity contribution in [1.29, 1.82) is 0 Å². The summed E-state index contributed by atoms with van der Waals surface area (Å²) in [5, 5.41) is 0. The SMILES string of the molecule is CC(C)(C)c1ccc2c(c1)B1c3ccc(C(C)(C)C)cc3N(c3c(-c4ccccc4)cc(C(C)(C)C)cc3-c3ccccc3)c3cc(-c4cccc5c4C(c4ccccc4)(c4ccccc4)c4ccccc4-5)cc(c31)N2c1c(-c2ccccc2)cccc1-c1ccccc1. The van der Waals surface area contributed by atoms with Crippen molar-refractivity contribution < 1.29 is 0 Å². The Bertz CT molecular complexity index is 4900. The normalized spacial score (nSPS) is 13.6. The molecule has 3 aliphatic rings. The van der Waals surface area contributed by atoms with Gasteiger partial charge >= 0.3 is 0 Å². The molecule has 2 heterocycles. The van der Waals surface area contributed by atoms with Gasteiger partial charge in [-0.05, 0) is 152 Å². The zero-order valence-electron chi connectivity index (χ0n) is 55.3. The van der Waals surface area contributed by atoms with E-state index in [4.69, 9.17) is 0 Å². The van der Waals surface area contributed by atoms with Crippen LogP contribution in [0.4, 0.5) is 34.1 Å². The Morgan fingerprint density at radius 1 is 0.266 bits per heavy atom. The first-order chi connectivity index (χ1) is 45.6. The van der Waals surface area contributed by atoms with E-state index in [9.17, 15) is 0 Å². The summed E-state index contributed by atoms with van der Waals surface area (Å²) in [5.41, 5.74) is 32.7. The third kappa shape index (κ3) is 9.45. The number of rotatable bonds is 9. The average Bonchev–Trinajstić information content (AvgIpc) is 0.977. The molecule has 0 amide bonds. The first kappa shape index (κ1) is 58.6. The molecular formula is C91H77BN2. The number of benzene rings is 13. The van der Waals surface area contributed by atoms with E-state index in [0.717, 1.165) is 50.6 Å². The minimum Gasteiger partial charge on any atom is -0.310 e. The summed E-state index contributed by atoms with van der Waals surface area (Å²) in [6.45, 7) is 21.1. The smallest absolute Gasteiger partial charge is 0.252 e. The van der Waals surface area contributed by atoms with Crippen LogP contribution in [0.15, 0.2) is 303 Å². The molecule has 16 rings (SSSR count). The first-order valence-corrected chi connectivity index (χ1v) is 33.5. The van der Waals surface area contributed by atoms with Crippen LogP contribution in [-0.4, -0.2) is 6.71 Å². The molecule has 3 heteroatoms. The minimum atomic E-state index is -0.686. The van der Waals surface area contributed by atoms with Crippen LogP contribution in [0.25, 0.3) is 66.8 Å². The van der Waals surface area contributed by atoms with Crippen molar-refractivity contribution in [2.45, 2.75) is 84.0 Å². The molecule has 0 spiro atoms. The fourth-order valence-corrected chi connectivity index (χ4v) is 15.8. The predicted molar refractivity (Wildman–Crippen MR) is 401 cm³/mol. The number of fused-ring (bicyclic) bond motifs is 7. The minimum absolute atomic E-state index is 0.150. The van der Waals surface area contributed by atoms with Gasteiger partial charge in [-0.1, -0.05) is 329 Å². The van der Waals surface area contributed by atoms with Gasteiger partial charge in [0.05, 0.1) is 16.8 Å². The summed E-state index contributed by atoms with van der Waals surface area (Å²) >= 11 is 0. The average molecular weight is 1210 g/mol. The van der Waals surface area contributed by atoms with Crippen molar-refractivity contribution >= 4 is 57.2 Å². The topological polar surface area (TPSA) is 6.48 Å². The van der Waals surface area contributed by atoms with E-state index in [-0.39, 0.29) is 23.0 Å². The van der Waals surface area contributed by atoms with Gasteiger partial charge in [-0.2, -0.15) is 0 Å². The Labute approximate surface area is 556 Å². The van der Waals surface area contributed by atoms with E-state index < -0.39 is 5.41 Å². The van der Waals surface area contributed by atoms with Gasteiger partial charge in [-0.15, -0.1) is 0 Å². The molecule has 0 saturated heterocycles. The lowest BCUT2D eigenvalue weighted by Gasteiger charge is -2.46. The molecule has 0 fully saturated rings. The molecule has 1 aliphatic carbocycles. The van der Waals surface area contributed by atoms with Gasteiger partial charge in [0, 0.05) is 45.0 Å². The summed E-state index contributed by atoms with van der Waals surface area (Å²) in [5.74, 6) is 0. The third-order valence-electron chi connectivity index (χ3n) is 20.4. The summed E-state index contributed by atoms with van der Waals surface area (Å²) in [4.78, 5) is 5.45. The zero-order chi connectivity index (χ0) is 64.3. The summed E-state index contributed by atoms with van der Waals surface area (Å²) in [7, 11) is 0. The highest BCUT2D eigenvalue weighted by Gasteiger charge is 2.50. The fourth-order valence-electron chi connectivity index (χ4n) is 15.8. The summed E-state index contributed by atoms with van der Waals surface area (Å²) < 4.78 is 0. The summed E-state index contributed by atoms with van der Waals surface area (Å²) in [6, 6.07) is 116. The fraction of sp³-hybridized carbons (Fsp3) is 0.143. The monoisotopic (exact) mass is 1210 g/mol. The van der Waals surface area contributed by atoms with Gasteiger partial charge in [0.2, 0.25) is 0 Å². The first-order valence-electron chi connectivity index (χ1n) is 33.5. The molecule has 2 aliphatic heterocycles. The molecule has 0 N–H and O–H groups in total. The molecule has 0 radical (unpaired) electrons. The zero-order valence-corrected chi connectivity index (χ0v) is 55.3. The largest absolute Gasteiger partial charge is 0.310 e. The van der Waals surface area contributed by atoms with Gasteiger partial charge in [0.1, 0.15) is 0 Å². The number of para-hydroxylation sites is 1. The van der Waals surface area contributed by atoms with Crippen LogP contribution in [0.1, 0.15) is 101 Å². The van der Waals surface area contributed by atoms with E-state index in [0.29, 0.717) is 0 Å². The van der Waals surface area contributed by atoms with E-state index in [1.54, 1.807) is 0 Å². The van der Waals surface area contributed by atoms with E-state index in [1.807, 2.05) is 0 Å². The van der Waals surface area contributed by atoms with Crippen molar-refractivity contribution in [2.75, 3.05) is 9.80 Å². The Morgan fingerprint density at radius 2 is 0.660 bits per heavy atom. The molecular weight excluding hydrogens is 1130 g/mol. The molecule has 2 nitrogen and oxygen atoms in total. The molecule has 454 valence electrons. The third-order valence-corrected chi connectivity index (χ3v) is 20.4. The van der Waals surface area contributed by atoms with Gasteiger partial charge in [0.15, 0.2) is 0 Å². The lowest BCUT2D eigenvalue weighted by molar-refractivity contribution is 0.590. The number of nitrogens with zero attached hydrogens (tertiary/aromatic N) is 2. The molecule has 0 bridgehead atoms. The van der Waals surface area contributed by atoms with Crippen molar-refractivity contribution in [3.8, 4) is 66.8 Å². The highest BCUT2D eigenvalue weighted by Crippen LogP contribution is 2.61. The molecule has 0 aromatic heterocycles. The second kappa shape index (κ2) is 22.4.